The number of nitrogens with zero attached hydrogens (tertiary/aromatic N) is 2. The van der Waals surface area contributed by atoms with Crippen molar-refractivity contribution < 1.29 is 18.3 Å². The molecule has 32 heavy (non-hydrogen) atoms. The van der Waals surface area contributed by atoms with Crippen LogP contribution in [0.4, 0.5) is 5.82 Å². The van der Waals surface area contributed by atoms with Crippen LogP contribution in [-0.2, 0) is 21.1 Å². The van der Waals surface area contributed by atoms with Gasteiger partial charge in [-0.2, -0.15) is 0 Å². The molecule has 1 aromatic carbocycles. The van der Waals surface area contributed by atoms with Crippen molar-refractivity contribution >= 4 is 33.2 Å². The number of halogens is 1. The number of hydrogen-bond donors (Lipinski definition) is 2. The first-order chi connectivity index (χ1) is 15.2. The number of aliphatic hydroxyl groups is 1. The number of nitrogens with one attached hydrogen (secondary N) is 1. The Kier molecular flexibility index (Phi) is 8.25. The van der Waals surface area contributed by atoms with Crippen LogP contribution in [0, 0.1) is 11.8 Å². The normalized spacial score (nSPS) is 16.6. The first-order valence-corrected chi connectivity index (χ1v) is 13.2. The van der Waals surface area contributed by atoms with Gasteiger partial charge in [-0.05, 0) is 42.4 Å². The lowest BCUT2D eigenvalue weighted by Crippen LogP contribution is -2.24. The van der Waals surface area contributed by atoms with Crippen LogP contribution in [0.2, 0.25) is 5.02 Å². The zero-order chi connectivity index (χ0) is 23.3. The molecular weight excluding hydrogens is 450 g/mol. The van der Waals surface area contributed by atoms with E-state index in [9.17, 15) is 18.3 Å². The van der Waals surface area contributed by atoms with Crippen molar-refractivity contribution in [3.63, 3.8) is 0 Å². The Balaban J connectivity index is 1.80. The fourth-order valence-corrected chi connectivity index (χ4v) is 5.51. The monoisotopic (exact) mass is 479 g/mol. The highest BCUT2D eigenvalue weighted by Crippen LogP contribution is 2.36. The number of carbonyl (C=O) groups is 1. The number of aromatic nitrogens is 2. The van der Waals surface area contributed by atoms with Gasteiger partial charge in [0.05, 0.1) is 33.9 Å². The van der Waals surface area contributed by atoms with Crippen LogP contribution >= 0.6 is 11.6 Å². The number of aliphatic hydroxyl groups excluding tert-OH is 1. The maximum atomic E-state index is 13.2. The third-order valence-corrected chi connectivity index (χ3v) is 7.52. The summed E-state index contributed by atoms with van der Waals surface area (Å²) in [6, 6.07) is 4.73. The fourth-order valence-electron chi connectivity index (χ4n) is 4.17. The van der Waals surface area contributed by atoms with E-state index in [1.54, 1.807) is 18.3 Å². The molecular formula is C23H30ClN3O4S. The van der Waals surface area contributed by atoms with Gasteiger partial charge in [0.1, 0.15) is 0 Å². The van der Waals surface area contributed by atoms with Crippen molar-refractivity contribution in [1.29, 1.82) is 0 Å². The molecule has 1 aromatic heterocycles. The second-order valence-corrected chi connectivity index (χ2v) is 11.2. The van der Waals surface area contributed by atoms with Crippen molar-refractivity contribution in [3.05, 3.63) is 46.9 Å². The first-order valence-electron chi connectivity index (χ1n) is 10.9. The minimum Gasteiger partial charge on any atom is -0.396 e. The van der Waals surface area contributed by atoms with Gasteiger partial charge in [-0.1, -0.05) is 50.3 Å². The predicted octanol–water partition coefficient (Wildman–Crippen LogP) is 4.01. The molecule has 1 heterocycles. The number of hydrogen-bond acceptors (Lipinski definition) is 6. The van der Waals surface area contributed by atoms with Gasteiger partial charge in [-0.3, -0.25) is 9.78 Å². The first kappa shape index (κ1) is 24.6. The molecule has 2 aromatic rings. The average Bonchev–Trinajstić information content (AvgIpc) is 3.25. The van der Waals surface area contributed by atoms with Crippen LogP contribution in [0.15, 0.2) is 35.5 Å². The molecule has 2 unspecified atom stereocenters. The Morgan fingerprint density at radius 3 is 2.53 bits per heavy atom. The molecule has 174 valence electrons. The van der Waals surface area contributed by atoms with E-state index in [-0.39, 0.29) is 28.4 Å². The van der Waals surface area contributed by atoms with Gasteiger partial charge in [0, 0.05) is 12.9 Å². The predicted molar refractivity (Wildman–Crippen MR) is 124 cm³/mol. The highest BCUT2D eigenvalue weighted by molar-refractivity contribution is 7.90. The van der Waals surface area contributed by atoms with Crippen molar-refractivity contribution in [2.24, 2.45) is 11.8 Å². The van der Waals surface area contributed by atoms with Gasteiger partial charge in [-0.25, -0.2) is 13.4 Å². The SMILES string of the molecule is CC(CO)Cc1cnc(NC(=O)C(CC2CCCC2)c2ccc(S(C)(=O)=O)c(Cl)c2)cn1. The van der Waals surface area contributed by atoms with Gasteiger partial charge < -0.3 is 10.4 Å². The van der Waals surface area contributed by atoms with Crippen molar-refractivity contribution in [2.75, 3.05) is 18.2 Å². The van der Waals surface area contributed by atoms with E-state index in [0.717, 1.165) is 37.6 Å². The number of anilines is 1. The van der Waals surface area contributed by atoms with Crippen LogP contribution in [0.25, 0.3) is 0 Å². The zero-order valence-corrected chi connectivity index (χ0v) is 20.0. The summed E-state index contributed by atoms with van der Waals surface area (Å²) < 4.78 is 23.8. The van der Waals surface area contributed by atoms with E-state index >= 15 is 0 Å². The van der Waals surface area contributed by atoms with Gasteiger partial charge in [0.25, 0.3) is 0 Å². The second-order valence-electron chi connectivity index (χ2n) is 8.77. The molecule has 1 amide bonds. The molecule has 2 atom stereocenters. The quantitative estimate of drug-likeness (QED) is 0.562. The minimum atomic E-state index is -3.45. The number of benzene rings is 1. The molecule has 2 N–H and O–H groups in total. The lowest BCUT2D eigenvalue weighted by atomic mass is 9.87. The van der Waals surface area contributed by atoms with E-state index < -0.39 is 15.8 Å². The smallest absolute Gasteiger partial charge is 0.233 e. The lowest BCUT2D eigenvalue weighted by molar-refractivity contribution is -0.118. The van der Waals surface area contributed by atoms with Gasteiger partial charge in [0.2, 0.25) is 5.91 Å². The highest BCUT2D eigenvalue weighted by Gasteiger charge is 2.28. The summed E-state index contributed by atoms with van der Waals surface area (Å²) in [7, 11) is -3.45. The standard InChI is InChI=1S/C23H30ClN3O4S/c1-15(14-28)9-18-12-26-22(13-25-18)27-23(29)19(10-16-5-3-4-6-16)17-7-8-21(20(24)11-17)32(2,30)31/h7-8,11-13,15-16,19,28H,3-6,9-10,14H2,1-2H3,(H,26,27,29). The Morgan fingerprint density at radius 2 is 1.97 bits per heavy atom. The maximum absolute atomic E-state index is 13.2. The third-order valence-electron chi connectivity index (χ3n) is 5.94. The fraction of sp³-hybridized carbons (Fsp3) is 0.522. The van der Waals surface area contributed by atoms with Gasteiger partial charge in [0.15, 0.2) is 15.7 Å². The summed E-state index contributed by atoms with van der Waals surface area (Å²) in [4.78, 5) is 21.9. The Bertz CT molecular complexity index is 1040. The van der Waals surface area contributed by atoms with Gasteiger partial charge in [-0.15, -0.1) is 0 Å². The molecule has 7 nitrogen and oxygen atoms in total. The van der Waals surface area contributed by atoms with Crippen molar-refractivity contribution in [2.45, 2.75) is 56.3 Å². The molecule has 0 saturated heterocycles. The molecule has 1 fully saturated rings. The molecule has 0 radical (unpaired) electrons. The molecule has 9 heteroatoms. The Labute approximate surface area is 194 Å². The summed E-state index contributed by atoms with van der Waals surface area (Å²) >= 11 is 6.26. The van der Waals surface area contributed by atoms with Crippen LogP contribution in [0.1, 0.15) is 56.2 Å². The Hall–Kier alpha value is -2.03. The molecule has 3 rings (SSSR count). The maximum Gasteiger partial charge on any atom is 0.233 e. The molecule has 1 aliphatic carbocycles. The van der Waals surface area contributed by atoms with E-state index in [4.69, 9.17) is 11.6 Å². The summed E-state index contributed by atoms with van der Waals surface area (Å²) in [6.45, 7) is 1.99. The summed E-state index contributed by atoms with van der Waals surface area (Å²) in [5, 5.41) is 12.2. The van der Waals surface area contributed by atoms with E-state index in [0.29, 0.717) is 30.1 Å². The van der Waals surface area contributed by atoms with Crippen molar-refractivity contribution in [3.8, 4) is 0 Å². The van der Waals surface area contributed by atoms with Crippen LogP contribution < -0.4 is 5.32 Å². The molecule has 0 bridgehead atoms. The highest BCUT2D eigenvalue weighted by atomic mass is 35.5. The topological polar surface area (TPSA) is 109 Å². The van der Waals surface area contributed by atoms with Gasteiger partial charge >= 0.3 is 0 Å². The molecule has 0 aliphatic heterocycles. The zero-order valence-electron chi connectivity index (χ0n) is 18.4. The number of carbonyl (C=O) groups excluding carboxylic acids is 1. The third kappa shape index (κ3) is 6.49. The van der Waals surface area contributed by atoms with Crippen LogP contribution in [0.3, 0.4) is 0 Å². The molecule has 1 saturated carbocycles. The summed E-state index contributed by atoms with van der Waals surface area (Å²) in [5.74, 6) is 0.185. The second kappa shape index (κ2) is 10.7. The van der Waals surface area contributed by atoms with E-state index in [1.165, 1.54) is 12.3 Å². The van der Waals surface area contributed by atoms with Crippen molar-refractivity contribution in [1.82, 2.24) is 9.97 Å². The number of rotatable bonds is 9. The Morgan fingerprint density at radius 1 is 1.25 bits per heavy atom. The summed E-state index contributed by atoms with van der Waals surface area (Å²) in [5.41, 5.74) is 1.43. The van der Waals surface area contributed by atoms with E-state index in [2.05, 4.69) is 15.3 Å². The van der Waals surface area contributed by atoms with Crippen LogP contribution in [-0.4, -0.2) is 42.3 Å². The van der Waals surface area contributed by atoms with Crippen LogP contribution in [0.5, 0.6) is 0 Å². The minimum absolute atomic E-state index is 0.0569. The van der Waals surface area contributed by atoms with E-state index in [1.807, 2.05) is 6.92 Å². The average molecular weight is 480 g/mol. The molecule has 0 spiro atoms. The number of sulfone groups is 1. The summed E-state index contributed by atoms with van der Waals surface area (Å²) in [6.07, 6.45) is 9.98. The largest absolute Gasteiger partial charge is 0.396 e. The number of amides is 1. The lowest BCUT2D eigenvalue weighted by Gasteiger charge is -2.21. The molecule has 1 aliphatic rings.